The molecule has 106 valence electrons. The molecule has 1 aromatic carbocycles. The molecule has 0 saturated carbocycles. The highest BCUT2D eigenvalue weighted by molar-refractivity contribution is 5.51. The average molecular weight is 267 g/mol. The van der Waals surface area contributed by atoms with Crippen molar-refractivity contribution in [3.63, 3.8) is 0 Å². The summed E-state index contributed by atoms with van der Waals surface area (Å²) in [6, 6.07) is 5.48. The third-order valence-electron chi connectivity index (χ3n) is 3.37. The van der Waals surface area contributed by atoms with E-state index in [2.05, 4.69) is 0 Å². The lowest BCUT2D eigenvalue weighted by molar-refractivity contribution is 0.168. The van der Waals surface area contributed by atoms with Gasteiger partial charge in [-0.1, -0.05) is 6.07 Å². The van der Waals surface area contributed by atoms with Crippen LogP contribution in [-0.4, -0.2) is 40.1 Å². The molecule has 5 heteroatoms. The van der Waals surface area contributed by atoms with Crippen LogP contribution >= 0.6 is 0 Å². The molecule has 1 heterocycles. The van der Waals surface area contributed by atoms with Gasteiger partial charge in [0, 0.05) is 18.6 Å². The summed E-state index contributed by atoms with van der Waals surface area (Å²) in [5, 5.41) is 0. The van der Waals surface area contributed by atoms with Gasteiger partial charge in [-0.05, 0) is 18.6 Å². The van der Waals surface area contributed by atoms with Crippen molar-refractivity contribution in [1.29, 1.82) is 0 Å². The van der Waals surface area contributed by atoms with Crippen LogP contribution in [0.4, 0.5) is 0 Å². The second-order valence-electron chi connectivity index (χ2n) is 4.59. The molecule has 2 N–H and O–H groups in total. The van der Waals surface area contributed by atoms with Gasteiger partial charge in [0.2, 0.25) is 5.75 Å². The molecule has 2 rings (SSSR count). The average Bonchev–Trinajstić information content (AvgIpc) is 2.98. The number of rotatable bonds is 6. The fourth-order valence-corrected chi connectivity index (χ4v) is 2.17. The minimum absolute atomic E-state index is 0.0443. The first kappa shape index (κ1) is 14.0. The summed E-state index contributed by atoms with van der Waals surface area (Å²) in [5.74, 6) is 2.26. The van der Waals surface area contributed by atoms with E-state index in [4.69, 9.17) is 24.7 Å². The first-order chi connectivity index (χ1) is 9.26. The van der Waals surface area contributed by atoms with Crippen LogP contribution in [0.15, 0.2) is 18.2 Å². The van der Waals surface area contributed by atoms with Gasteiger partial charge in [0.15, 0.2) is 11.5 Å². The Labute approximate surface area is 113 Å². The summed E-state index contributed by atoms with van der Waals surface area (Å²) < 4.78 is 21.7. The van der Waals surface area contributed by atoms with Crippen molar-refractivity contribution < 1.29 is 18.9 Å². The summed E-state index contributed by atoms with van der Waals surface area (Å²) in [6.45, 7) is 1.93. The van der Waals surface area contributed by atoms with E-state index in [1.807, 2.05) is 18.2 Å². The molecule has 0 amide bonds. The molecule has 0 radical (unpaired) electrons. The van der Waals surface area contributed by atoms with E-state index in [0.717, 1.165) is 13.0 Å². The molecule has 0 spiro atoms. The Balaban J connectivity index is 2.01. The second kappa shape index (κ2) is 6.63. The van der Waals surface area contributed by atoms with Gasteiger partial charge in [0.1, 0.15) is 6.61 Å². The van der Waals surface area contributed by atoms with Crippen LogP contribution in [0.25, 0.3) is 0 Å². The van der Waals surface area contributed by atoms with E-state index in [0.29, 0.717) is 36.4 Å². The Morgan fingerprint density at radius 1 is 1.32 bits per heavy atom. The number of ether oxygens (including phenoxy) is 4. The van der Waals surface area contributed by atoms with Gasteiger partial charge < -0.3 is 24.7 Å². The standard InChI is InChI=1S/C14H21NO4/c1-16-12-4-3-5-13(17-2)14(12)19-9-11(15)10-6-7-18-8-10/h3-5,10-11H,6-9,15H2,1-2H3. The predicted molar refractivity (Wildman–Crippen MR) is 71.9 cm³/mol. The summed E-state index contributed by atoms with van der Waals surface area (Å²) in [6.07, 6.45) is 0.994. The highest BCUT2D eigenvalue weighted by Crippen LogP contribution is 2.36. The topological polar surface area (TPSA) is 62.9 Å². The lowest BCUT2D eigenvalue weighted by atomic mass is 10.0. The zero-order valence-corrected chi connectivity index (χ0v) is 11.4. The highest BCUT2D eigenvalue weighted by Gasteiger charge is 2.24. The zero-order valence-electron chi connectivity index (χ0n) is 11.4. The lowest BCUT2D eigenvalue weighted by Gasteiger charge is -2.20. The maximum absolute atomic E-state index is 6.12. The summed E-state index contributed by atoms with van der Waals surface area (Å²) in [5.41, 5.74) is 6.12. The lowest BCUT2D eigenvalue weighted by Crippen LogP contribution is -2.36. The third-order valence-corrected chi connectivity index (χ3v) is 3.37. The first-order valence-corrected chi connectivity index (χ1v) is 6.43. The van der Waals surface area contributed by atoms with Gasteiger partial charge in [-0.3, -0.25) is 0 Å². The molecule has 2 unspecified atom stereocenters. The van der Waals surface area contributed by atoms with Crippen molar-refractivity contribution in [1.82, 2.24) is 0 Å². The molecule has 1 saturated heterocycles. The molecular formula is C14H21NO4. The molecule has 2 atom stereocenters. The quantitative estimate of drug-likeness (QED) is 0.845. The van der Waals surface area contributed by atoms with Gasteiger partial charge >= 0.3 is 0 Å². The van der Waals surface area contributed by atoms with Crippen molar-refractivity contribution in [3.05, 3.63) is 18.2 Å². The SMILES string of the molecule is COc1cccc(OC)c1OCC(N)C1CCOC1. The summed E-state index contributed by atoms with van der Waals surface area (Å²) >= 11 is 0. The Kier molecular flexibility index (Phi) is 4.87. The molecule has 1 fully saturated rings. The molecule has 0 aliphatic carbocycles. The first-order valence-electron chi connectivity index (χ1n) is 6.43. The number of hydrogen-bond donors (Lipinski definition) is 1. The van der Waals surface area contributed by atoms with Crippen LogP contribution in [0.5, 0.6) is 17.2 Å². The van der Waals surface area contributed by atoms with E-state index in [1.165, 1.54) is 0 Å². The minimum Gasteiger partial charge on any atom is -0.493 e. The van der Waals surface area contributed by atoms with Crippen molar-refractivity contribution in [2.24, 2.45) is 11.7 Å². The normalized spacial score (nSPS) is 20.1. The maximum atomic E-state index is 6.12. The van der Waals surface area contributed by atoms with E-state index < -0.39 is 0 Å². The third kappa shape index (κ3) is 3.30. The smallest absolute Gasteiger partial charge is 0.203 e. The number of nitrogens with two attached hydrogens (primary N) is 1. The van der Waals surface area contributed by atoms with Gasteiger partial charge in [-0.2, -0.15) is 0 Å². The molecule has 19 heavy (non-hydrogen) atoms. The number of benzene rings is 1. The van der Waals surface area contributed by atoms with Crippen molar-refractivity contribution >= 4 is 0 Å². The van der Waals surface area contributed by atoms with Crippen LogP contribution in [0, 0.1) is 5.92 Å². The number of methoxy groups -OCH3 is 2. The monoisotopic (exact) mass is 267 g/mol. The molecule has 5 nitrogen and oxygen atoms in total. The van der Waals surface area contributed by atoms with Crippen LogP contribution in [0.1, 0.15) is 6.42 Å². The molecule has 0 bridgehead atoms. The Hall–Kier alpha value is -1.46. The zero-order chi connectivity index (χ0) is 13.7. The molecule has 1 aromatic rings. The van der Waals surface area contributed by atoms with Crippen LogP contribution in [0.3, 0.4) is 0 Å². The summed E-state index contributed by atoms with van der Waals surface area (Å²) in [4.78, 5) is 0. The van der Waals surface area contributed by atoms with Crippen LogP contribution in [0.2, 0.25) is 0 Å². The second-order valence-corrected chi connectivity index (χ2v) is 4.59. The Bertz CT molecular complexity index is 382. The van der Waals surface area contributed by atoms with Gasteiger partial charge in [-0.15, -0.1) is 0 Å². The van der Waals surface area contributed by atoms with Gasteiger partial charge in [-0.25, -0.2) is 0 Å². The van der Waals surface area contributed by atoms with E-state index in [1.54, 1.807) is 14.2 Å². The number of hydrogen-bond acceptors (Lipinski definition) is 5. The van der Waals surface area contributed by atoms with Crippen LogP contribution < -0.4 is 19.9 Å². The van der Waals surface area contributed by atoms with Gasteiger partial charge in [0.05, 0.1) is 20.8 Å². The summed E-state index contributed by atoms with van der Waals surface area (Å²) in [7, 11) is 3.21. The van der Waals surface area contributed by atoms with E-state index in [-0.39, 0.29) is 6.04 Å². The molecule has 1 aliphatic rings. The van der Waals surface area contributed by atoms with Crippen LogP contribution in [-0.2, 0) is 4.74 Å². The van der Waals surface area contributed by atoms with Crippen molar-refractivity contribution in [3.8, 4) is 17.2 Å². The van der Waals surface area contributed by atoms with Crippen molar-refractivity contribution in [2.45, 2.75) is 12.5 Å². The van der Waals surface area contributed by atoms with Gasteiger partial charge in [0.25, 0.3) is 0 Å². The highest BCUT2D eigenvalue weighted by atomic mass is 16.5. The molecule has 0 aromatic heterocycles. The minimum atomic E-state index is -0.0443. The van der Waals surface area contributed by atoms with E-state index >= 15 is 0 Å². The largest absolute Gasteiger partial charge is 0.493 e. The Morgan fingerprint density at radius 2 is 2.00 bits per heavy atom. The molecule has 1 aliphatic heterocycles. The fourth-order valence-electron chi connectivity index (χ4n) is 2.17. The number of para-hydroxylation sites is 1. The maximum Gasteiger partial charge on any atom is 0.203 e. The van der Waals surface area contributed by atoms with Crippen molar-refractivity contribution in [2.75, 3.05) is 34.0 Å². The predicted octanol–water partition coefficient (Wildman–Crippen LogP) is 1.45. The fraction of sp³-hybridized carbons (Fsp3) is 0.571. The molecular weight excluding hydrogens is 246 g/mol. The Morgan fingerprint density at radius 3 is 2.53 bits per heavy atom. The van der Waals surface area contributed by atoms with E-state index in [9.17, 15) is 0 Å².